The van der Waals surface area contributed by atoms with Gasteiger partial charge in [-0.25, -0.2) is 15.2 Å². The smallest absolute Gasteiger partial charge is 0.358 e. The number of imidazole rings is 1. The molecule has 6 nitrogen and oxygen atoms in total. The van der Waals surface area contributed by atoms with Gasteiger partial charge in [-0.05, 0) is 20.8 Å². The maximum Gasteiger partial charge on any atom is 0.358 e. The number of hydrazine groups is 1. The Balaban J connectivity index is 3.12. The van der Waals surface area contributed by atoms with E-state index in [2.05, 4.69) is 23.6 Å². The van der Waals surface area contributed by atoms with Gasteiger partial charge in [-0.3, -0.25) is 5.01 Å². The van der Waals surface area contributed by atoms with Crippen LogP contribution in [0.2, 0.25) is 0 Å². The van der Waals surface area contributed by atoms with E-state index < -0.39 is 5.97 Å². The molecule has 1 N–H and O–H groups in total. The molecule has 0 aliphatic heterocycles. The molecule has 0 aliphatic rings. The van der Waals surface area contributed by atoms with Gasteiger partial charge in [0.15, 0.2) is 5.69 Å². The van der Waals surface area contributed by atoms with Crippen LogP contribution in [0.5, 0.6) is 0 Å². The largest absolute Gasteiger partial charge is 0.461 e. The van der Waals surface area contributed by atoms with Crippen LogP contribution in [-0.4, -0.2) is 34.2 Å². The van der Waals surface area contributed by atoms with Crippen molar-refractivity contribution in [1.82, 2.24) is 20.0 Å². The summed E-state index contributed by atoms with van der Waals surface area (Å²) in [5, 5.41) is 1.70. The summed E-state index contributed by atoms with van der Waals surface area (Å²) in [6.45, 7) is 13.9. The molecule has 1 aromatic rings. The molecule has 0 saturated carbocycles. The molecule has 0 unspecified atom stereocenters. The van der Waals surface area contributed by atoms with Crippen molar-refractivity contribution in [2.45, 2.75) is 33.2 Å². The molecule has 0 radical (unpaired) electrons. The lowest BCUT2D eigenvalue weighted by atomic mass is 10.2. The van der Waals surface area contributed by atoms with Crippen molar-refractivity contribution < 1.29 is 9.53 Å². The Labute approximate surface area is 126 Å². The van der Waals surface area contributed by atoms with Crippen molar-refractivity contribution in [2.24, 2.45) is 0 Å². The summed E-state index contributed by atoms with van der Waals surface area (Å²) in [5.41, 5.74) is 4.85. The van der Waals surface area contributed by atoms with Crippen molar-refractivity contribution in [3.63, 3.8) is 0 Å². The predicted molar refractivity (Wildman–Crippen MR) is 82.5 cm³/mol. The Kier molecular flexibility index (Phi) is 6.17. The molecule has 0 bridgehead atoms. The van der Waals surface area contributed by atoms with E-state index in [0.717, 1.165) is 11.4 Å². The standard InChI is InChI=1S/C15H24N4O2/c1-7-19(16-6)12(5)9-13-14(15(20)21-8-2)17-10-18(13)11(3)4/h7,10-11,16H,1,5,8-9H2,2-4,6H3. The van der Waals surface area contributed by atoms with Crippen molar-refractivity contribution in [2.75, 3.05) is 13.7 Å². The van der Waals surface area contributed by atoms with E-state index >= 15 is 0 Å². The number of ether oxygens (including phenoxy) is 1. The summed E-state index contributed by atoms with van der Waals surface area (Å²) in [6.07, 6.45) is 3.76. The number of aromatic nitrogens is 2. The van der Waals surface area contributed by atoms with Gasteiger partial charge in [-0.15, -0.1) is 0 Å². The van der Waals surface area contributed by atoms with E-state index in [1.54, 1.807) is 31.5 Å². The summed E-state index contributed by atoms with van der Waals surface area (Å²) in [4.78, 5) is 16.2. The second kappa shape index (κ2) is 7.64. The molecule has 0 amide bonds. The summed E-state index contributed by atoms with van der Waals surface area (Å²) >= 11 is 0. The minimum atomic E-state index is -0.408. The zero-order valence-corrected chi connectivity index (χ0v) is 13.2. The van der Waals surface area contributed by atoms with Crippen LogP contribution in [-0.2, 0) is 11.2 Å². The lowest BCUT2D eigenvalue weighted by molar-refractivity contribution is 0.0518. The number of hydrogen-bond acceptors (Lipinski definition) is 5. The average molecular weight is 292 g/mol. The van der Waals surface area contributed by atoms with Crippen molar-refractivity contribution >= 4 is 5.97 Å². The van der Waals surface area contributed by atoms with Gasteiger partial charge in [-0.1, -0.05) is 13.2 Å². The summed E-state index contributed by atoms with van der Waals surface area (Å²) in [5.74, 6) is -0.408. The van der Waals surface area contributed by atoms with Crippen LogP contribution >= 0.6 is 0 Å². The molecule has 1 aromatic heterocycles. The first-order valence-corrected chi connectivity index (χ1v) is 6.95. The number of carbonyl (C=O) groups is 1. The van der Waals surface area contributed by atoms with Crippen molar-refractivity contribution in [3.8, 4) is 0 Å². The lowest BCUT2D eigenvalue weighted by Gasteiger charge is -2.22. The van der Waals surface area contributed by atoms with Crippen molar-refractivity contribution in [1.29, 1.82) is 0 Å². The normalized spacial score (nSPS) is 10.5. The van der Waals surface area contributed by atoms with E-state index in [1.807, 2.05) is 18.4 Å². The van der Waals surface area contributed by atoms with Crippen LogP contribution in [0.15, 0.2) is 31.4 Å². The van der Waals surface area contributed by atoms with Gasteiger partial charge >= 0.3 is 5.97 Å². The third-order valence-corrected chi connectivity index (χ3v) is 3.06. The average Bonchev–Trinajstić information content (AvgIpc) is 2.84. The molecular formula is C15H24N4O2. The van der Waals surface area contributed by atoms with Gasteiger partial charge in [0, 0.05) is 31.4 Å². The Bertz CT molecular complexity index is 520. The predicted octanol–water partition coefficient (Wildman–Crippen LogP) is 2.28. The molecule has 1 rings (SSSR count). The van der Waals surface area contributed by atoms with Gasteiger partial charge in [0.25, 0.3) is 0 Å². The lowest BCUT2D eigenvalue weighted by Crippen LogP contribution is -2.30. The SMILES string of the molecule is C=CN(NC)C(=C)Cc1c(C(=O)OCC)ncn1C(C)C. The molecule has 116 valence electrons. The first-order chi connectivity index (χ1) is 9.96. The minimum absolute atomic E-state index is 0.190. The van der Waals surface area contributed by atoms with Gasteiger partial charge in [0.2, 0.25) is 0 Å². The Morgan fingerprint density at radius 2 is 2.29 bits per heavy atom. The molecular weight excluding hydrogens is 268 g/mol. The topological polar surface area (TPSA) is 59.4 Å². The highest BCUT2D eigenvalue weighted by Crippen LogP contribution is 2.19. The quantitative estimate of drug-likeness (QED) is 0.588. The Morgan fingerprint density at radius 3 is 2.76 bits per heavy atom. The molecule has 0 aliphatic carbocycles. The third-order valence-electron chi connectivity index (χ3n) is 3.06. The molecule has 21 heavy (non-hydrogen) atoms. The first-order valence-electron chi connectivity index (χ1n) is 6.95. The second-order valence-electron chi connectivity index (χ2n) is 4.78. The van der Waals surface area contributed by atoms with E-state index in [-0.39, 0.29) is 6.04 Å². The molecule has 6 heteroatoms. The van der Waals surface area contributed by atoms with Crippen LogP contribution in [0.25, 0.3) is 0 Å². The second-order valence-corrected chi connectivity index (χ2v) is 4.78. The van der Waals surface area contributed by atoms with Gasteiger partial charge in [-0.2, -0.15) is 0 Å². The molecule has 0 aromatic carbocycles. The Hall–Kier alpha value is -2.08. The first kappa shape index (κ1) is 17.0. The molecule has 1 heterocycles. The fourth-order valence-electron chi connectivity index (χ4n) is 2.03. The maximum absolute atomic E-state index is 12.0. The van der Waals surface area contributed by atoms with Gasteiger partial charge < -0.3 is 9.30 Å². The van der Waals surface area contributed by atoms with Gasteiger partial charge in [0.05, 0.1) is 18.6 Å². The summed E-state index contributed by atoms with van der Waals surface area (Å²) in [6, 6.07) is 0.190. The van der Waals surface area contributed by atoms with E-state index in [9.17, 15) is 4.79 Å². The zero-order valence-electron chi connectivity index (χ0n) is 13.2. The fraction of sp³-hybridized carbons (Fsp3) is 0.467. The van der Waals surface area contributed by atoms with Crippen LogP contribution in [0.4, 0.5) is 0 Å². The highest BCUT2D eigenvalue weighted by Gasteiger charge is 2.21. The number of hydrogen-bond donors (Lipinski definition) is 1. The van der Waals surface area contributed by atoms with Crippen LogP contribution in [0.3, 0.4) is 0 Å². The third kappa shape index (κ3) is 3.95. The van der Waals surface area contributed by atoms with E-state index in [0.29, 0.717) is 18.7 Å². The molecule has 0 fully saturated rings. The number of rotatable bonds is 8. The van der Waals surface area contributed by atoms with Crippen LogP contribution in [0, 0.1) is 0 Å². The highest BCUT2D eigenvalue weighted by atomic mass is 16.5. The summed E-state index contributed by atoms with van der Waals surface area (Å²) in [7, 11) is 1.78. The van der Waals surface area contributed by atoms with Crippen molar-refractivity contribution in [3.05, 3.63) is 42.8 Å². The Morgan fingerprint density at radius 1 is 1.62 bits per heavy atom. The van der Waals surface area contributed by atoms with E-state index in [1.165, 1.54) is 0 Å². The zero-order chi connectivity index (χ0) is 16.0. The van der Waals surface area contributed by atoms with E-state index in [4.69, 9.17) is 4.74 Å². The van der Waals surface area contributed by atoms with Crippen LogP contribution in [0.1, 0.15) is 43.0 Å². The number of carbonyl (C=O) groups excluding carboxylic acids is 1. The fourth-order valence-corrected chi connectivity index (χ4v) is 2.03. The maximum atomic E-state index is 12.0. The highest BCUT2D eigenvalue weighted by molar-refractivity contribution is 5.88. The number of nitrogens with one attached hydrogen (secondary N) is 1. The summed E-state index contributed by atoms with van der Waals surface area (Å²) < 4.78 is 7.02. The minimum Gasteiger partial charge on any atom is -0.461 e. The number of nitrogens with zero attached hydrogens (tertiary/aromatic N) is 3. The molecule has 0 atom stereocenters. The number of esters is 1. The molecule has 0 spiro atoms. The number of allylic oxidation sites excluding steroid dienone is 1. The monoisotopic (exact) mass is 292 g/mol. The van der Waals surface area contributed by atoms with Crippen LogP contribution < -0.4 is 5.43 Å². The van der Waals surface area contributed by atoms with Gasteiger partial charge in [0.1, 0.15) is 0 Å². The molecule has 0 saturated heterocycles.